The summed E-state index contributed by atoms with van der Waals surface area (Å²) in [4.78, 5) is 11.4. The van der Waals surface area contributed by atoms with Gasteiger partial charge in [0.2, 0.25) is 0 Å². The maximum Gasteiger partial charge on any atom is 0.264 e. The first-order valence-corrected chi connectivity index (χ1v) is 5.42. The van der Waals surface area contributed by atoms with Crippen molar-refractivity contribution in [3.63, 3.8) is 0 Å². The number of ketones is 1. The zero-order chi connectivity index (χ0) is 11.6. The predicted octanol–water partition coefficient (Wildman–Crippen LogP) is 4.20. The minimum Gasteiger partial charge on any atom is -0.293 e. The summed E-state index contributed by atoms with van der Waals surface area (Å²) in [5.74, 6) is -0.355. The lowest BCUT2D eigenvalue weighted by Crippen LogP contribution is -2.10. The Bertz CT molecular complexity index is 380. The summed E-state index contributed by atoms with van der Waals surface area (Å²) in [5.41, 5.74) is 0.00849. The first kappa shape index (κ1) is 12.6. The van der Waals surface area contributed by atoms with Gasteiger partial charge >= 0.3 is 0 Å². The fourth-order valence-electron chi connectivity index (χ4n) is 1.09. The number of carbonyl (C=O) groups excluding carboxylic acids is 1. The maximum atomic E-state index is 12.5. The summed E-state index contributed by atoms with van der Waals surface area (Å²) in [6.45, 7) is 1.51. The molecule has 82 valence electrons. The monoisotopic (exact) mass is 296 g/mol. The summed E-state index contributed by atoms with van der Waals surface area (Å²) in [6, 6.07) is 4.06. The van der Waals surface area contributed by atoms with Crippen LogP contribution in [0.2, 0.25) is 0 Å². The van der Waals surface area contributed by atoms with Crippen LogP contribution in [-0.4, -0.2) is 11.2 Å². The highest BCUT2D eigenvalue weighted by molar-refractivity contribution is 9.10. The molecule has 0 N–H and O–H groups in total. The van der Waals surface area contributed by atoms with Crippen LogP contribution in [0.3, 0.4) is 0 Å². The topological polar surface area (TPSA) is 17.1 Å². The van der Waals surface area contributed by atoms with E-state index in [1.165, 1.54) is 19.1 Å². The minimum atomic E-state index is -2.61. The molecule has 1 rings (SSSR count). The first-order valence-electron chi connectivity index (χ1n) is 4.19. The van der Waals surface area contributed by atoms with Gasteiger partial charge in [-0.1, -0.05) is 22.0 Å². The van der Waals surface area contributed by atoms with E-state index >= 15 is 0 Å². The lowest BCUT2D eigenvalue weighted by Gasteiger charge is -2.07. The Morgan fingerprint density at radius 3 is 2.53 bits per heavy atom. The minimum absolute atomic E-state index is 0.196. The molecule has 0 aliphatic rings. The van der Waals surface area contributed by atoms with Crippen molar-refractivity contribution in [2.45, 2.75) is 18.7 Å². The molecule has 1 nitrogen and oxygen atoms in total. The van der Waals surface area contributed by atoms with E-state index in [2.05, 4.69) is 15.9 Å². The molecule has 0 saturated carbocycles. The van der Waals surface area contributed by atoms with Crippen LogP contribution in [-0.2, 0) is 0 Å². The summed E-state index contributed by atoms with van der Waals surface area (Å²) in [5, 5.41) is -0.711. The number of rotatable bonds is 3. The first-order chi connectivity index (χ1) is 6.93. The van der Waals surface area contributed by atoms with Gasteiger partial charge in [-0.15, -0.1) is 11.6 Å². The fourth-order valence-corrected chi connectivity index (χ4v) is 1.64. The van der Waals surface area contributed by atoms with Gasteiger partial charge in [0.15, 0.2) is 5.78 Å². The van der Waals surface area contributed by atoms with Crippen molar-refractivity contribution in [3.05, 3.63) is 33.8 Å². The van der Waals surface area contributed by atoms with Gasteiger partial charge < -0.3 is 0 Å². The third-order valence-electron chi connectivity index (χ3n) is 1.88. The molecule has 0 heterocycles. The van der Waals surface area contributed by atoms with E-state index in [0.717, 1.165) is 6.07 Å². The molecule has 0 aliphatic carbocycles. The lowest BCUT2D eigenvalue weighted by molar-refractivity contribution is 0.0991. The number of hydrogen-bond acceptors (Lipinski definition) is 1. The Kier molecular flexibility index (Phi) is 4.22. The van der Waals surface area contributed by atoms with Crippen LogP contribution in [0.4, 0.5) is 8.78 Å². The van der Waals surface area contributed by atoms with Crippen molar-refractivity contribution in [2.24, 2.45) is 0 Å². The zero-order valence-electron chi connectivity index (χ0n) is 7.81. The van der Waals surface area contributed by atoms with Crippen molar-refractivity contribution >= 4 is 33.3 Å². The van der Waals surface area contributed by atoms with Gasteiger partial charge in [-0.05, 0) is 19.1 Å². The highest BCUT2D eigenvalue weighted by Gasteiger charge is 2.17. The van der Waals surface area contributed by atoms with Gasteiger partial charge in [0.05, 0.1) is 5.38 Å². The normalized spacial score (nSPS) is 12.9. The van der Waals surface area contributed by atoms with Gasteiger partial charge in [-0.25, -0.2) is 8.78 Å². The fraction of sp³-hybridized carbons (Fsp3) is 0.300. The standard InChI is InChI=1S/C10H8BrClF2O/c1-5(12)9(15)6-2-3-8(11)7(4-6)10(13)14/h2-5,10H,1H3. The molecule has 5 heteroatoms. The average Bonchev–Trinajstić information content (AvgIpc) is 2.16. The number of halogens is 4. The third-order valence-corrected chi connectivity index (χ3v) is 2.80. The van der Waals surface area contributed by atoms with Crippen LogP contribution in [0, 0.1) is 0 Å². The second-order valence-electron chi connectivity index (χ2n) is 3.02. The molecule has 0 spiro atoms. The van der Waals surface area contributed by atoms with Crippen LogP contribution >= 0.6 is 27.5 Å². The summed E-state index contributed by atoms with van der Waals surface area (Å²) in [7, 11) is 0. The van der Waals surface area contributed by atoms with Crippen LogP contribution in [0.25, 0.3) is 0 Å². The molecule has 0 saturated heterocycles. The highest BCUT2D eigenvalue weighted by atomic mass is 79.9. The smallest absolute Gasteiger partial charge is 0.264 e. The summed E-state index contributed by atoms with van der Waals surface area (Å²) in [6.07, 6.45) is -2.61. The Morgan fingerprint density at radius 1 is 1.47 bits per heavy atom. The van der Waals surface area contributed by atoms with E-state index < -0.39 is 11.8 Å². The average molecular weight is 298 g/mol. The van der Waals surface area contributed by atoms with Crippen molar-refractivity contribution in [1.82, 2.24) is 0 Å². The quantitative estimate of drug-likeness (QED) is 0.604. The second-order valence-corrected chi connectivity index (χ2v) is 4.53. The molecule has 0 fully saturated rings. The molecular weight excluding hydrogens is 289 g/mol. The molecule has 1 aromatic carbocycles. The lowest BCUT2D eigenvalue weighted by atomic mass is 10.1. The Balaban J connectivity index is 3.13. The predicted molar refractivity (Wildman–Crippen MR) is 58.7 cm³/mol. The van der Waals surface area contributed by atoms with E-state index in [1.807, 2.05) is 0 Å². The molecule has 0 bridgehead atoms. The van der Waals surface area contributed by atoms with Crippen LogP contribution in [0.5, 0.6) is 0 Å². The van der Waals surface area contributed by atoms with E-state index in [-0.39, 0.29) is 21.4 Å². The van der Waals surface area contributed by atoms with E-state index in [0.29, 0.717) is 0 Å². The van der Waals surface area contributed by atoms with E-state index in [9.17, 15) is 13.6 Å². The third kappa shape index (κ3) is 2.98. The summed E-state index contributed by atoms with van der Waals surface area (Å²) >= 11 is 8.58. The molecule has 15 heavy (non-hydrogen) atoms. The van der Waals surface area contributed by atoms with Crippen LogP contribution in [0.15, 0.2) is 22.7 Å². The van der Waals surface area contributed by atoms with Crippen molar-refractivity contribution in [3.8, 4) is 0 Å². The van der Waals surface area contributed by atoms with Gasteiger partial charge in [-0.2, -0.15) is 0 Å². The van der Waals surface area contributed by atoms with Gasteiger partial charge in [0.25, 0.3) is 6.43 Å². The van der Waals surface area contributed by atoms with E-state index in [4.69, 9.17) is 11.6 Å². The number of benzene rings is 1. The molecule has 0 radical (unpaired) electrons. The Hall–Kier alpha value is -0.480. The van der Waals surface area contributed by atoms with Crippen molar-refractivity contribution < 1.29 is 13.6 Å². The van der Waals surface area contributed by atoms with E-state index in [1.54, 1.807) is 0 Å². The number of carbonyl (C=O) groups is 1. The van der Waals surface area contributed by atoms with Crippen molar-refractivity contribution in [2.75, 3.05) is 0 Å². The molecule has 0 amide bonds. The highest BCUT2D eigenvalue weighted by Crippen LogP contribution is 2.28. The Morgan fingerprint density at radius 2 is 2.07 bits per heavy atom. The number of Topliss-reactive ketones (excluding diaryl/α,β-unsaturated/α-hetero) is 1. The zero-order valence-corrected chi connectivity index (χ0v) is 10.1. The van der Waals surface area contributed by atoms with Gasteiger partial charge in [-0.3, -0.25) is 4.79 Å². The second kappa shape index (κ2) is 5.03. The molecule has 0 aromatic heterocycles. The Labute approximate surface area is 99.6 Å². The number of alkyl halides is 3. The maximum absolute atomic E-state index is 12.5. The molecule has 1 aromatic rings. The molecule has 1 atom stereocenters. The molecule has 1 unspecified atom stereocenters. The largest absolute Gasteiger partial charge is 0.293 e. The molecule has 0 aliphatic heterocycles. The van der Waals surface area contributed by atoms with Crippen LogP contribution in [0.1, 0.15) is 29.3 Å². The summed E-state index contributed by atoms with van der Waals surface area (Å²) < 4.78 is 25.3. The van der Waals surface area contributed by atoms with Gasteiger partial charge in [0, 0.05) is 15.6 Å². The van der Waals surface area contributed by atoms with Crippen LogP contribution < -0.4 is 0 Å². The number of hydrogen-bond donors (Lipinski definition) is 0. The SMILES string of the molecule is CC(Cl)C(=O)c1ccc(Br)c(C(F)F)c1. The molecular formula is C10H8BrClF2O. The van der Waals surface area contributed by atoms with Crippen molar-refractivity contribution in [1.29, 1.82) is 0 Å². The van der Waals surface area contributed by atoms with Gasteiger partial charge in [0.1, 0.15) is 0 Å².